The summed E-state index contributed by atoms with van der Waals surface area (Å²) in [5.41, 5.74) is 6.37. The molecule has 0 spiro atoms. The standard InChI is InChI=1S/C38H39ClN2O5/c1-25(27-11-5-4-6-12-27)34(22-36(42)43)37(44)40(2)23-29(21-26-17-19-28(39)20-18-26)41(3)38(45)46-24-35-32-15-9-7-13-30(32)31-14-8-10-16-33(31)35/h4-20,25,29,34-35H,21-24H2,1-3H3,(H,42,43)/t25-,29?,34-/m0/s1. The van der Waals surface area contributed by atoms with E-state index in [9.17, 15) is 19.5 Å². The summed E-state index contributed by atoms with van der Waals surface area (Å²) in [5.74, 6) is -2.51. The van der Waals surface area contributed by atoms with Gasteiger partial charge in [-0.25, -0.2) is 4.79 Å². The largest absolute Gasteiger partial charge is 0.481 e. The van der Waals surface area contributed by atoms with E-state index in [4.69, 9.17) is 16.3 Å². The third kappa shape index (κ3) is 7.43. The molecular formula is C38H39ClN2O5. The number of likely N-dealkylation sites (N-methyl/N-ethyl adjacent to an activating group) is 2. The lowest BCUT2D eigenvalue weighted by Gasteiger charge is -2.34. The highest BCUT2D eigenvalue weighted by Crippen LogP contribution is 2.44. The number of halogens is 1. The SMILES string of the molecule is C[C@@H](c1ccccc1)[C@H](CC(=O)O)C(=O)N(C)CC(Cc1ccc(Cl)cc1)N(C)C(=O)OCC1c2ccccc2-c2ccccc21. The molecule has 238 valence electrons. The van der Waals surface area contributed by atoms with Gasteiger partial charge in [0.1, 0.15) is 6.61 Å². The molecule has 0 aliphatic heterocycles. The molecule has 0 bridgehead atoms. The molecule has 0 heterocycles. The normalized spacial score (nSPS) is 14.0. The van der Waals surface area contributed by atoms with E-state index in [1.807, 2.05) is 73.7 Å². The van der Waals surface area contributed by atoms with Gasteiger partial charge in [-0.2, -0.15) is 0 Å². The Balaban J connectivity index is 1.34. The number of nitrogens with zero attached hydrogens (tertiary/aromatic N) is 2. The van der Waals surface area contributed by atoms with Crippen molar-refractivity contribution in [2.24, 2.45) is 5.92 Å². The van der Waals surface area contributed by atoms with Crippen LogP contribution >= 0.6 is 11.6 Å². The van der Waals surface area contributed by atoms with Crippen molar-refractivity contribution in [1.82, 2.24) is 9.80 Å². The number of benzene rings is 4. The molecule has 7 nitrogen and oxygen atoms in total. The van der Waals surface area contributed by atoms with Crippen LogP contribution in [0.1, 0.15) is 47.4 Å². The average Bonchev–Trinajstić information content (AvgIpc) is 3.39. The molecule has 1 aliphatic carbocycles. The maximum absolute atomic E-state index is 13.9. The van der Waals surface area contributed by atoms with E-state index >= 15 is 0 Å². The molecule has 4 aromatic rings. The molecule has 1 unspecified atom stereocenters. The molecule has 3 atom stereocenters. The van der Waals surface area contributed by atoms with Gasteiger partial charge in [0.2, 0.25) is 5.91 Å². The first-order valence-electron chi connectivity index (χ1n) is 15.5. The van der Waals surface area contributed by atoms with Crippen molar-refractivity contribution in [2.75, 3.05) is 27.2 Å². The van der Waals surface area contributed by atoms with Gasteiger partial charge in [-0.05, 0) is 57.9 Å². The van der Waals surface area contributed by atoms with Crippen LogP contribution in [0, 0.1) is 5.92 Å². The summed E-state index contributed by atoms with van der Waals surface area (Å²) in [6, 6.07) is 32.7. The maximum atomic E-state index is 13.9. The number of carboxylic acid groups (broad SMARTS) is 1. The molecule has 46 heavy (non-hydrogen) atoms. The molecule has 0 saturated carbocycles. The minimum atomic E-state index is -1.04. The second kappa shape index (κ2) is 14.6. The van der Waals surface area contributed by atoms with Crippen molar-refractivity contribution in [3.05, 3.63) is 130 Å². The molecule has 5 rings (SSSR count). The predicted molar refractivity (Wildman–Crippen MR) is 180 cm³/mol. The van der Waals surface area contributed by atoms with E-state index in [0.717, 1.165) is 33.4 Å². The monoisotopic (exact) mass is 638 g/mol. The Morgan fingerprint density at radius 3 is 1.98 bits per heavy atom. The fourth-order valence-electron chi connectivity index (χ4n) is 6.41. The lowest BCUT2D eigenvalue weighted by molar-refractivity contribution is -0.144. The fraction of sp³-hybridized carbons (Fsp3) is 0.289. The highest BCUT2D eigenvalue weighted by Gasteiger charge is 2.34. The number of carbonyl (C=O) groups is 3. The summed E-state index contributed by atoms with van der Waals surface area (Å²) in [4.78, 5) is 42.4. The Labute approximate surface area is 275 Å². The van der Waals surface area contributed by atoms with Gasteiger partial charge in [-0.15, -0.1) is 0 Å². The summed E-state index contributed by atoms with van der Waals surface area (Å²) in [6.07, 6.45) is -0.363. The molecule has 0 radical (unpaired) electrons. The van der Waals surface area contributed by atoms with E-state index in [-0.39, 0.29) is 37.3 Å². The number of carbonyl (C=O) groups excluding carboxylic acids is 2. The number of fused-ring (bicyclic) bond motifs is 3. The summed E-state index contributed by atoms with van der Waals surface area (Å²) < 4.78 is 5.96. The first-order chi connectivity index (χ1) is 22.1. The second-order valence-corrected chi connectivity index (χ2v) is 12.5. The first-order valence-corrected chi connectivity index (χ1v) is 15.9. The van der Waals surface area contributed by atoms with Gasteiger partial charge >= 0.3 is 12.1 Å². The highest BCUT2D eigenvalue weighted by molar-refractivity contribution is 6.30. The molecule has 0 fully saturated rings. The Bertz CT molecular complexity index is 1630. The fourth-order valence-corrected chi connectivity index (χ4v) is 6.53. The van der Waals surface area contributed by atoms with Crippen molar-refractivity contribution in [1.29, 1.82) is 0 Å². The Morgan fingerprint density at radius 1 is 0.826 bits per heavy atom. The van der Waals surface area contributed by atoms with Crippen LogP contribution in [0.5, 0.6) is 0 Å². The topological polar surface area (TPSA) is 87.2 Å². The van der Waals surface area contributed by atoms with Gasteiger partial charge in [0.15, 0.2) is 0 Å². The van der Waals surface area contributed by atoms with Crippen LogP contribution in [0.4, 0.5) is 4.79 Å². The zero-order valence-corrected chi connectivity index (χ0v) is 27.1. The van der Waals surface area contributed by atoms with Crippen molar-refractivity contribution < 1.29 is 24.2 Å². The second-order valence-electron chi connectivity index (χ2n) is 12.0. The van der Waals surface area contributed by atoms with Crippen molar-refractivity contribution >= 4 is 29.6 Å². The van der Waals surface area contributed by atoms with E-state index in [2.05, 4.69) is 24.3 Å². The third-order valence-electron chi connectivity index (χ3n) is 9.06. The van der Waals surface area contributed by atoms with Gasteiger partial charge in [0.25, 0.3) is 0 Å². The van der Waals surface area contributed by atoms with Crippen LogP contribution in [-0.2, 0) is 20.7 Å². The minimum absolute atomic E-state index is 0.0834. The smallest absolute Gasteiger partial charge is 0.409 e. The summed E-state index contributed by atoms with van der Waals surface area (Å²) in [7, 11) is 3.34. The Hall–Kier alpha value is -4.62. The van der Waals surface area contributed by atoms with E-state index in [0.29, 0.717) is 11.4 Å². The number of hydrogen-bond acceptors (Lipinski definition) is 4. The van der Waals surface area contributed by atoms with Crippen LogP contribution in [0.2, 0.25) is 5.02 Å². The first kappa shape index (κ1) is 32.8. The number of rotatable bonds is 12. The highest BCUT2D eigenvalue weighted by atomic mass is 35.5. The molecule has 8 heteroatoms. The zero-order valence-electron chi connectivity index (χ0n) is 26.3. The zero-order chi connectivity index (χ0) is 32.8. The van der Waals surface area contributed by atoms with Crippen LogP contribution in [0.25, 0.3) is 11.1 Å². The van der Waals surface area contributed by atoms with Gasteiger partial charge in [-0.3, -0.25) is 9.59 Å². The number of amides is 2. The number of aliphatic carboxylic acids is 1. The summed E-state index contributed by atoms with van der Waals surface area (Å²) in [6.45, 7) is 2.23. The lowest BCUT2D eigenvalue weighted by atomic mass is 9.84. The van der Waals surface area contributed by atoms with Crippen LogP contribution in [-0.4, -0.2) is 66.2 Å². The molecule has 0 saturated heterocycles. The average molecular weight is 639 g/mol. The number of ether oxygens (including phenoxy) is 1. The molecule has 1 aliphatic rings. The van der Waals surface area contributed by atoms with Crippen LogP contribution in [0.3, 0.4) is 0 Å². The van der Waals surface area contributed by atoms with Gasteiger partial charge in [0.05, 0.1) is 18.4 Å². The summed E-state index contributed by atoms with van der Waals surface area (Å²) >= 11 is 6.13. The van der Waals surface area contributed by atoms with Crippen molar-refractivity contribution in [2.45, 2.75) is 37.6 Å². The van der Waals surface area contributed by atoms with Crippen molar-refractivity contribution in [3.63, 3.8) is 0 Å². The molecule has 4 aromatic carbocycles. The Kier molecular flexibility index (Phi) is 10.4. The van der Waals surface area contributed by atoms with Crippen molar-refractivity contribution in [3.8, 4) is 11.1 Å². The molecule has 1 N–H and O–H groups in total. The van der Waals surface area contributed by atoms with Crippen LogP contribution < -0.4 is 0 Å². The molecule has 2 amide bonds. The van der Waals surface area contributed by atoms with Gasteiger partial charge in [0, 0.05) is 31.6 Å². The summed E-state index contributed by atoms with van der Waals surface area (Å²) in [5, 5.41) is 10.3. The third-order valence-corrected chi connectivity index (χ3v) is 9.31. The molecular weight excluding hydrogens is 600 g/mol. The number of hydrogen-bond donors (Lipinski definition) is 1. The van der Waals surface area contributed by atoms with E-state index in [1.54, 1.807) is 31.1 Å². The predicted octanol–water partition coefficient (Wildman–Crippen LogP) is 7.49. The molecule has 0 aromatic heterocycles. The minimum Gasteiger partial charge on any atom is -0.481 e. The Morgan fingerprint density at radius 2 is 1.39 bits per heavy atom. The van der Waals surface area contributed by atoms with E-state index in [1.165, 1.54) is 4.90 Å². The maximum Gasteiger partial charge on any atom is 0.409 e. The van der Waals surface area contributed by atoms with Crippen LogP contribution in [0.15, 0.2) is 103 Å². The quantitative estimate of drug-likeness (QED) is 0.174. The van der Waals surface area contributed by atoms with Gasteiger partial charge in [-0.1, -0.05) is 110 Å². The van der Waals surface area contributed by atoms with E-state index < -0.39 is 24.0 Å². The lowest BCUT2D eigenvalue weighted by Crippen LogP contribution is -2.48. The number of carboxylic acids is 1. The van der Waals surface area contributed by atoms with Gasteiger partial charge < -0.3 is 19.6 Å².